The monoisotopic (exact) mass is 521 g/mol. The summed E-state index contributed by atoms with van der Waals surface area (Å²) in [4.78, 5) is 14.2. The van der Waals surface area contributed by atoms with Gasteiger partial charge in [-0.25, -0.2) is 0 Å². The minimum atomic E-state index is -0.415. The van der Waals surface area contributed by atoms with E-state index >= 15 is 0 Å². The van der Waals surface area contributed by atoms with Crippen LogP contribution < -0.4 is 5.32 Å². The Kier molecular flexibility index (Phi) is 7.18. The summed E-state index contributed by atoms with van der Waals surface area (Å²) >= 11 is 12.6. The molecule has 0 amide bonds. The van der Waals surface area contributed by atoms with Crippen LogP contribution in [0.5, 0.6) is 0 Å². The predicted molar refractivity (Wildman–Crippen MR) is 144 cm³/mol. The van der Waals surface area contributed by atoms with Crippen LogP contribution >= 0.6 is 23.2 Å². The molecular weight excluding hydrogens is 493 g/mol. The van der Waals surface area contributed by atoms with Crippen LogP contribution in [-0.4, -0.2) is 52.7 Å². The Labute approximate surface area is 221 Å². The number of halogens is 2. The van der Waals surface area contributed by atoms with E-state index in [1.165, 1.54) is 5.57 Å². The number of rotatable bonds is 6. The molecule has 0 radical (unpaired) electrons. The van der Waals surface area contributed by atoms with Gasteiger partial charge in [-0.05, 0) is 80.1 Å². The van der Waals surface area contributed by atoms with E-state index < -0.39 is 5.54 Å². The highest BCUT2D eigenvalue weighted by molar-refractivity contribution is 6.35. The number of nitriles is 1. The highest BCUT2D eigenvalue weighted by atomic mass is 35.5. The molecule has 2 atom stereocenters. The Balaban J connectivity index is 1.42. The zero-order valence-corrected chi connectivity index (χ0v) is 21.8. The summed E-state index contributed by atoms with van der Waals surface area (Å²) in [6.07, 6.45) is 7.41. The molecule has 0 aliphatic carbocycles. The maximum absolute atomic E-state index is 11.9. The summed E-state index contributed by atoms with van der Waals surface area (Å²) in [5.41, 5.74) is 4.18. The maximum atomic E-state index is 11.9. The van der Waals surface area contributed by atoms with Crippen LogP contribution in [-0.2, 0) is 4.79 Å². The van der Waals surface area contributed by atoms with Gasteiger partial charge in [0.05, 0.1) is 17.1 Å². The lowest BCUT2D eigenvalue weighted by Crippen LogP contribution is -2.57. The van der Waals surface area contributed by atoms with Crippen molar-refractivity contribution in [1.82, 2.24) is 20.0 Å². The summed E-state index contributed by atoms with van der Waals surface area (Å²) in [6.45, 7) is 5.39. The first-order valence-corrected chi connectivity index (χ1v) is 13.2. The normalized spacial score (nSPS) is 21.7. The third kappa shape index (κ3) is 4.81. The molecule has 1 N–H and O–H groups in total. The van der Waals surface area contributed by atoms with E-state index in [9.17, 15) is 10.1 Å². The summed E-state index contributed by atoms with van der Waals surface area (Å²) in [6, 6.07) is 13.7. The highest BCUT2D eigenvalue weighted by Gasteiger charge is 2.33. The van der Waals surface area contributed by atoms with Crippen LogP contribution in [0.4, 0.5) is 0 Å². The molecule has 2 aliphatic heterocycles. The molecule has 5 rings (SSSR count). The van der Waals surface area contributed by atoms with Gasteiger partial charge in [-0.15, -0.1) is 0 Å². The molecule has 0 saturated carbocycles. The number of nitrogens with zero attached hydrogens (tertiary/aromatic N) is 4. The van der Waals surface area contributed by atoms with Crippen molar-refractivity contribution in [2.75, 3.05) is 26.2 Å². The summed E-state index contributed by atoms with van der Waals surface area (Å²) in [7, 11) is 0. The van der Waals surface area contributed by atoms with Crippen molar-refractivity contribution in [2.24, 2.45) is 0 Å². The van der Waals surface area contributed by atoms with Crippen molar-refractivity contribution >= 4 is 46.0 Å². The van der Waals surface area contributed by atoms with Crippen molar-refractivity contribution in [3.63, 3.8) is 0 Å². The molecule has 1 fully saturated rings. The Morgan fingerprint density at radius 1 is 1.25 bits per heavy atom. The van der Waals surface area contributed by atoms with Crippen LogP contribution in [0.15, 0.2) is 42.5 Å². The van der Waals surface area contributed by atoms with Gasteiger partial charge in [0.2, 0.25) is 0 Å². The van der Waals surface area contributed by atoms with Gasteiger partial charge in [0.1, 0.15) is 12.4 Å². The predicted octanol–water partition coefficient (Wildman–Crippen LogP) is 5.62. The first kappa shape index (κ1) is 25.0. The van der Waals surface area contributed by atoms with Gasteiger partial charge < -0.3 is 10.1 Å². The quantitative estimate of drug-likeness (QED) is 0.425. The molecule has 6 nitrogen and oxygen atoms in total. The first-order chi connectivity index (χ1) is 17.4. The van der Waals surface area contributed by atoms with Crippen molar-refractivity contribution in [2.45, 2.75) is 44.2 Å². The number of carbonyl (C=O) groups excluding carboxylic acids is 1. The van der Waals surface area contributed by atoms with E-state index in [-0.39, 0.29) is 6.04 Å². The third-order valence-electron chi connectivity index (χ3n) is 7.51. The second-order valence-electron chi connectivity index (χ2n) is 9.85. The molecule has 36 heavy (non-hydrogen) atoms. The molecule has 1 unspecified atom stereocenters. The smallest absolute Gasteiger partial charge is 0.170 e. The van der Waals surface area contributed by atoms with Crippen LogP contribution in [0, 0.1) is 11.3 Å². The summed E-state index contributed by atoms with van der Waals surface area (Å²) < 4.78 is 1.88. The van der Waals surface area contributed by atoms with E-state index in [1.54, 1.807) is 6.07 Å². The molecule has 8 heteroatoms. The number of aldehydes is 1. The van der Waals surface area contributed by atoms with Gasteiger partial charge in [0.25, 0.3) is 0 Å². The van der Waals surface area contributed by atoms with E-state index in [2.05, 4.69) is 39.6 Å². The van der Waals surface area contributed by atoms with Crippen LogP contribution in [0.2, 0.25) is 10.0 Å². The molecule has 1 aromatic heterocycles. The summed E-state index contributed by atoms with van der Waals surface area (Å²) in [5.74, 6) is 0. The molecule has 2 aromatic carbocycles. The number of fused-ring (bicyclic) bond motifs is 1. The topological polar surface area (TPSA) is 74.0 Å². The second-order valence-corrected chi connectivity index (χ2v) is 10.7. The van der Waals surface area contributed by atoms with Gasteiger partial charge >= 0.3 is 0 Å². The lowest BCUT2D eigenvalue weighted by Gasteiger charge is -2.39. The third-order valence-corrected chi connectivity index (χ3v) is 8.08. The molecule has 0 bridgehead atoms. The Bertz CT molecular complexity index is 1370. The van der Waals surface area contributed by atoms with E-state index in [0.29, 0.717) is 15.7 Å². The van der Waals surface area contributed by atoms with E-state index in [4.69, 9.17) is 23.2 Å². The van der Waals surface area contributed by atoms with Crippen LogP contribution in [0.25, 0.3) is 16.5 Å². The minimum Gasteiger partial charge on any atom is -0.304 e. The first-order valence-electron chi connectivity index (χ1n) is 12.4. The van der Waals surface area contributed by atoms with Crippen LogP contribution in [0.1, 0.15) is 55.5 Å². The fraction of sp³-hybridized carbons (Fsp3) is 0.393. The van der Waals surface area contributed by atoms with Gasteiger partial charge in [0, 0.05) is 35.1 Å². The number of aromatic nitrogens is 2. The molecule has 3 aromatic rings. The zero-order chi connectivity index (χ0) is 25.3. The highest BCUT2D eigenvalue weighted by Crippen LogP contribution is 2.33. The fourth-order valence-corrected chi connectivity index (χ4v) is 6.03. The molecule has 2 aliphatic rings. The fourth-order valence-electron chi connectivity index (χ4n) is 5.47. The standard InChI is InChI=1S/C28H29Cl2N5O/c1-19(23-7-5-22(29)15-25(23)30)35-27-14-21(4-6-24(27)26(16-31)33-35)20-8-12-34(13-9-20)17-28(18-36)10-2-3-11-32-28/h4-8,14-15,18-19,32H,2-3,9-13,17H2,1H3/t19-,28?/m1/s1. The molecule has 1 saturated heterocycles. The number of piperidine rings is 1. The SMILES string of the molecule is C[C@H](c1ccc(Cl)cc1Cl)n1nc(C#N)c2ccc(C3=CCN(CC4(C=O)CCCCN4)CC3)cc21. The number of carbonyl (C=O) groups is 1. The van der Waals surface area contributed by atoms with E-state index in [0.717, 1.165) is 80.2 Å². The Morgan fingerprint density at radius 2 is 2.11 bits per heavy atom. The molecular formula is C28H29Cl2N5O. The Morgan fingerprint density at radius 3 is 2.78 bits per heavy atom. The van der Waals surface area contributed by atoms with Crippen molar-refractivity contribution in [3.05, 3.63) is 69.3 Å². The lowest BCUT2D eigenvalue weighted by atomic mass is 9.89. The number of hydrogen-bond acceptors (Lipinski definition) is 5. The van der Waals surface area contributed by atoms with Gasteiger partial charge in [-0.3, -0.25) is 9.58 Å². The van der Waals surface area contributed by atoms with Crippen molar-refractivity contribution < 1.29 is 4.79 Å². The van der Waals surface area contributed by atoms with Gasteiger partial charge in [0.15, 0.2) is 5.69 Å². The van der Waals surface area contributed by atoms with Crippen molar-refractivity contribution in [3.8, 4) is 6.07 Å². The lowest BCUT2D eigenvalue weighted by molar-refractivity contribution is -0.115. The van der Waals surface area contributed by atoms with Crippen LogP contribution in [0.3, 0.4) is 0 Å². The maximum Gasteiger partial charge on any atom is 0.170 e. The average Bonchev–Trinajstić information content (AvgIpc) is 3.27. The average molecular weight is 522 g/mol. The Hall–Kier alpha value is -2.69. The number of benzene rings is 2. The molecule has 3 heterocycles. The van der Waals surface area contributed by atoms with Gasteiger partial charge in [-0.2, -0.15) is 10.4 Å². The molecule has 186 valence electrons. The largest absolute Gasteiger partial charge is 0.304 e. The van der Waals surface area contributed by atoms with Gasteiger partial charge in [-0.1, -0.05) is 41.4 Å². The number of hydrogen-bond donors (Lipinski definition) is 1. The number of nitrogens with one attached hydrogen (secondary N) is 1. The minimum absolute atomic E-state index is 0.173. The van der Waals surface area contributed by atoms with Crippen molar-refractivity contribution in [1.29, 1.82) is 5.26 Å². The zero-order valence-electron chi connectivity index (χ0n) is 20.3. The second kappa shape index (κ2) is 10.4. The summed E-state index contributed by atoms with van der Waals surface area (Å²) in [5, 5.41) is 19.8. The molecule has 0 spiro atoms. The van der Waals surface area contributed by atoms with E-state index in [1.807, 2.05) is 29.8 Å².